The predicted octanol–water partition coefficient (Wildman–Crippen LogP) is 1.71. The first-order valence-electron chi connectivity index (χ1n) is 3.70. The SMILES string of the molecule is Cc1cnc(C(=O)O)c(C)c1C. The minimum atomic E-state index is -0.962. The van der Waals surface area contributed by atoms with E-state index in [9.17, 15) is 4.79 Å². The molecule has 0 atom stereocenters. The molecule has 1 aromatic rings. The van der Waals surface area contributed by atoms with E-state index in [0.717, 1.165) is 16.7 Å². The minimum absolute atomic E-state index is 0.151. The molecule has 0 saturated heterocycles. The molecule has 1 rings (SSSR count). The molecule has 0 bridgehead atoms. The van der Waals surface area contributed by atoms with E-state index in [0.29, 0.717) is 0 Å². The second-order valence-electron chi connectivity index (χ2n) is 2.84. The van der Waals surface area contributed by atoms with E-state index in [1.807, 2.05) is 13.8 Å². The van der Waals surface area contributed by atoms with Crippen LogP contribution in [0.25, 0.3) is 0 Å². The van der Waals surface area contributed by atoms with Crippen LogP contribution in [0.2, 0.25) is 0 Å². The van der Waals surface area contributed by atoms with Crippen LogP contribution in [0, 0.1) is 20.8 Å². The third kappa shape index (κ3) is 1.30. The smallest absolute Gasteiger partial charge is 0.354 e. The van der Waals surface area contributed by atoms with Gasteiger partial charge in [-0.3, -0.25) is 0 Å². The van der Waals surface area contributed by atoms with Crippen LogP contribution in [0.1, 0.15) is 27.2 Å². The molecular weight excluding hydrogens is 154 g/mol. The number of carboxylic acids is 1. The van der Waals surface area contributed by atoms with Gasteiger partial charge in [-0.2, -0.15) is 0 Å². The van der Waals surface area contributed by atoms with Gasteiger partial charge in [0.05, 0.1) is 0 Å². The first-order chi connectivity index (χ1) is 5.54. The second-order valence-corrected chi connectivity index (χ2v) is 2.84. The zero-order valence-corrected chi connectivity index (χ0v) is 7.38. The average molecular weight is 165 g/mol. The highest BCUT2D eigenvalue weighted by molar-refractivity contribution is 5.87. The summed E-state index contributed by atoms with van der Waals surface area (Å²) in [5.41, 5.74) is 2.93. The lowest BCUT2D eigenvalue weighted by Crippen LogP contribution is -2.05. The number of carbonyl (C=O) groups is 1. The topological polar surface area (TPSA) is 50.2 Å². The van der Waals surface area contributed by atoms with Gasteiger partial charge in [0.1, 0.15) is 0 Å². The molecule has 3 nitrogen and oxygen atoms in total. The Bertz CT molecular complexity index is 332. The van der Waals surface area contributed by atoms with Gasteiger partial charge < -0.3 is 5.11 Å². The molecule has 0 fully saturated rings. The Labute approximate surface area is 71.1 Å². The van der Waals surface area contributed by atoms with Crippen LogP contribution in [0.3, 0.4) is 0 Å². The number of carboxylic acid groups (broad SMARTS) is 1. The maximum Gasteiger partial charge on any atom is 0.354 e. The Kier molecular flexibility index (Phi) is 2.13. The van der Waals surface area contributed by atoms with E-state index >= 15 is 0 Å². The predicted molar refractivity (Wildman–Crippen MR) is 45.4 cm³/mol. The second kappa shape index (κ2) is 2.93. The van der Waals surface area contributed by atoms with E-state index in [4.69, 9.17) is 5.11 Å². The van der Waals surface area contributed by atoms with Gasteiger partial charge in [-0.05, 0) is 37.5 Å². The van der Waals surface area contributed by atoms with E-state index in [1.165, 1.54) is 0 Å². The molecule has 0 aromatic carbocycles. The summed E-state index contributed by atoms with van der Waals surface area (Å²) in [6, 6.07) is 0. The third-order valence-corrected chi connectivity index (χ3v) is 2.10. The van der Waals surface area contributed by atoms with Crippen LogP contribution in [-0.4, -0.2) is 16.1 Å². The molecule has 1 N–H and O–H groups in total. The molecule has 1 heterocycles. The van der Waals surface area contributed by atoms with E-state index < -0.39 is 5.97 Å². The van der Waals surface area contributed by atoms with Crippen molar-refractivity contribution in [3.8, 4) is 0 Å². The lowest BCUT2D eigenvalue weighted by Gasteiger charge is -2.05. The molecule has 0 aliphatic heterocycles. The van der Waals surface area contributed by atoms with Crippen molar-refractivity contribution < 1.29 is 9.90 Å². The van der Waals surface area contributed by atoms with Crippen LogP contribution in [0.15, 0.2) is 6.20 Å². The van der Waals surface area contributed by atoms with E-state index in [-0.39, 0.29) is 5.69 Å². The highest BCUT2D eigenvalue weighted by Gasteiger charge is 2.10. The average Bonchev–Trinajstić information content (AvgIpc) is 2.00. The number of aromatic nitrogens is 1. The number of pyridine rings is 1. The normalized spacial score (nSPS) is 9.92. The van der Waals surface area contributed by atoms with Gasteiger partial charge in [-0.15, -0.1) is 0 Å². The summed E-state index contributed by atoms with van der Waals surface area (Å²) in [6.45, 7) is 5.60. The molecule has 12 heavy (non-hydrogen) atoms. The summed E-state index contributed by atoms with van der Waals surface area (Å²) in [5.74, 6) is -0.962. The Hall–Kier alpha value is -1.38. The Balaban J connectivity index is 3.36. The standard InChI is InChI=1S/C9H11NO2/c1-5-4-10-8(9(11)12)7(3)6(5)2/h4H,1-3H3,(H,11,12). The first kappa shape index (κ1) is 8.71. The highest BCUT2D eigenvalue weighted by Crippen LogP contribution is 2.13. The summed E-state index contributed by atoms with van der Waals surface area (Å²) in [4.78, 5) is 14.5. The van der Waals surface area contributed by atoms with Crippen LogP contribution in [0.4, 0.5) is 0 Å². The van der Waals surface area contributed by atoms with Gasteiger partial charge in [0.15, 0.2) is 5.69 Å². The highest BCUT2D eigenvalue weighted by atomic mass is 16.4. The van der Waals surface area contributed by atoms with Crippen molar-refractivity contribution >= 4 is 5.97 Å². The molecular formula is C9H11NO2. The summed E-state index contributed by atoms with van der Waals surface area (Å²) >= 11 is 0. The first-order valence-corrected chi connectivity index (χ1v) is 3.70. The van der Waals surface area contributed by atoms with Gasteiger partial charge in [0.25, 0.3) is 0 Å². The molecule has 3 heteroatoms. The van der Waals surface area contributed by atoms with Crippen LogP contribution >= 0.6 is 0 Å². The summed E-state index contributed by atoms with van der Waals surface area (Å²) in [7, 11) is 0. The van der Waals surface area contributed by atoms with E-state index in [1.54, 1.807) is 13.1 Å². The number of hydrogen-bond acceptors (Lipinski definition) is 2. The maximum absolute atomic E-state index is 10.6. The maximum atomic E-state index is 10.6. The number of hydrogen-bond donors (Lipinski definition) is 1. The minimum Gasteiger partial charge on any atom is -0.477 e. The van der Waals surface area contributed by atoms with Crippen LogP contribution < -0.4 is 0 Å². The molecule has 0 unspecified atom stereocenters. The summed E-state index contributed by atoms with van der Waals surface area (Å²) in [5, 5.41) is 8.72. The van der Waals surface area contributed by atoms with Gasteiger partial charge in [-0.25, -0.2) is 9.78 Å². The van der Waals surface area contributed by atoms with Gasteiger partial charge in [-0.1, -0.05) is 0 Å². The lowest BCUT2D eigenvalue weighted by atomic mass is 10.1. The zero-order chi connectivity index (χ0) is 9.30. The summed E-state index contributed by atoms with van der Waals surface area (Å²) in [6.07, 6.45) is 1.59. The Morgan fingerprint density at radius 2 is 1.92 bits per heavy atom. The fourth-order valence-electron chi connectivity index (χ4n) is 1.04. The molecule has 1 aromatic heterocycles. The lowest BCUT2D eigenvalue weighted by molar-refractivity contribution is 0.0689. The molecule has 0 aliphatic rings. The number of aryl methyl sites for hydroxylation is 1. The summed E-state index contributed by atoms with van der Waals surface area (Å²) < 4.78 is 0. The van der Waals surface area contributed by atoms with Crippen LogP contribution in [-0.2, 0) is 0 Å². The van der Waals surface area contributed by atoms with Crippen LogP contribution in [0.5, 0.6) is 0 Å². The molecule has 0 amide bonds. The van der Waals surface area contributed by atoms with Gasteiger partial charge in [0.2, 0.25) is 0 Å². The molecule has 0 aliphatic carbocycles. The van der Waals surface area contributed by atoms with Crippen molar-refractivity contribution in [2.24, 2.45) is 0 Å². The fraction of sp³-hybridized carbons (Fsp3) is 0.333. The van der Waals surface area contributed by atoms with E-state index in [2.05, 4.69) is 4.98 Å². The monoisotopic (exact) mass is 165 g/mol. The van der Waals surface area contributed by atoms with Gasteiger partial charge >= 0.3 is 5.97 Å². The molecule has 64 valence electrons. The quantitative estimate of drug-likeness (QED) is 0.689. The number of nitrogens with zero attached hydrogens (tertiary/aromatic N) is 1. The zero-order valence-electron chi connectivity index (χ0n) is 7.38. The number of rotatable bonds is 1. The Morgan fingerprint density at radius 3 is 2.42 bits per heavy atom. The van der Waals surface area contributed by atoms with Crippen molar-refractivity contribution in [3.63, 3.8) is 0 Å². The molecule has 0 radical (unpaired) electrons. The largest absolute Gasteiger partial charge is 0.477 e. The third-order valence-electron chi connectivity index (χ3n) is 2.10. The fourth-order valence-corrected chi connectivity index (χ4v) is 1.04. The van der Waals surface area contributed by atoms with Crippen molar-refractivity contribution in [2.45, 2.75) is 20.8 Å². The van der Waals surface area contributed by atoms with Gasteiger partial charge in [0, 0.05) is 6.20 Å². The van der Waals surface area contributed by atoms with Crippen molar-refractivity contribution in [1.82, 2.24) is 4.98 Å². The number of aromatic carboxylic acids is 1. The van der Waals surface area contributed by atoms with Crippen molar-refractivity contribution in [3.05, 3.63) is 28.6 Å². The van der Waals surface area contributed by atoms with Crippen molar-refractivity contribution in [2.75, 3.05) is 0 Å². The van der Waals surface area contributed by atoms with Crippen molar-refractivity contribution in [1.29, 1.82) is 0 Å². The molecule has 0 spiro atoms. The molecule has 0 saturated carbocycles. The Morgan fingerprint density at radius 1 is 1.33 bits per heavy atom.